The van der Waals surface area contributed by atoms with Gasteiger partial charge in [-0.1, -0.05) is 30.3 Å². The minimum atomic E-state index is -0.143. The fourth-order valence-electron chi connectivity index (χ4n) is 3.63. The monoisotopic (exact) mass is 392 g/mol. The fraction of sp³-hybridized carbons (Fsp3) is 0.318. The number of carbonyl (C=O) groups excluding carboxylic acids is 1. The third-order valence-corrected chi connectivity index (χ3v) is 5.20. The van der Waals surface area contributed by atoms with Crippen molar-refractivity contribution in [2.75, 3.05) is 18.0 Å². The van der Waals surface area contributed by atoms with Gasteiger partial charge in [-0.2, -0.15) is 5.10 Å². The minimum Gasteiger partial charge on any atom is -0.467 e. The average Bonchev–Trinajstić information content (AvgIpc) is 3.28. The van der Waals surface area contributed by atoms with Crippen LogP contribution in [0.25, 0.3) is 0 Å². The summed E-state index contributed by atoms with van der Waals surface area (Å²) in [5.74, 6) is 0.624. The quantitative estimate of drug-likeness (QED) is 0.697. The Morgan fingerprint density at radius 1 is 1.21 bits per heavy atom. The van der Waals surface area contributed by atoms with Crippen LogP contribution in [0.1, 0.15) is 24.2 Å². The van der Waals surface area contributed by atoms with Crippen LogP contribution in [0.15, 0.2) is 70.2 Å². The van der Waals surface area contributed by atoms with Crippen LogP contribution in [0.4, 0.5) is 5.69 Å². The van der Waals surface area contributed by atoms with Crippen molar-refractivity contribution in [3.05, 3.63) is 82.7 Å². The molecule has 1 saturated heterocycles. The molecule has 150 valence electrons. The number of nitrogens with one attached hydrogen (secondary N) is 1. The molecule has 3 heterocycles. The second-order valence-corrected chi connectivity index (χ2v) is 7.28. The molecule has 1 aliphatic rings. The van der Waals surface area contributed by atoms with Gasteiger partial charge >= 0.3 is 0 Å². The molecule has 1 amide bonds. The summed E-state index contributed by atoms with van der Waals surface area (Å²) in [6.07, 6.45) is 5.04. The maximum absolute atomic E-state index is 12.5. The lowest BCUT2D eigenvalue weighted by atomic mass is 9.97. The Labute approximate surface area is 169 Å². The zero-order valence-corrected chi connectivity index (χ0v) is 16.2. The molecule has 7 nitrogen and oxygen atoms in total. The second kappa shape index (κ2) is 8.77. The first-order valence-electron chi connectivity index (χ1n) is 9.85. The lowest BCUT2D eigenvalue weighted by Gasteiger charge is -2.33. The maximum Gasteiger partial charge on any atom is 0.269 e. The van der Waals surface area contributed by atoms with Crippen molar-refractivity contribution >= 4 is 11.6 Å². The zero-order chi connectivity index (χ0) is 20.1. The molecule has 1 fully saturated rings. The van der Waals surface area contributed by atoms with Crippen LogP contribution in [-0.4, -0.2) is 28.8 Å². The van der Waals surface area contributed by atoms with Gasteiger partial charge in [0.1, 0.15) is 5.76 Å². The molecule has 2 aromatic heterocycles. The molecule has 4 rings (SSSR count). The molecule has 0 spiro atoms. The Morgan fingerprint density at radius 3 is 2.83 bits per heavy atom. The predicted molar refractivity (Wildman–Crippen MR) is 110 cm³/mol. The number of rotatable bonds is 6. The number of aromatic nitrogens is 2. The van der Waals surface area contributed by atoms with Crippen molar-refractivity contribution in [3.63, 3.8) is 0 Å². The van der Waals surface area contributed by atoms with E-state index in [-0.39, 0.29) is 17.4 Å². The Kier molecular flexibility index (Phi) is 5.74. The predicted octanol–water partition coefficient (Wildman–Crippen LogP) is 2.42. The van der Waals surface area contributed by atoms with E-state index in [1.54, 1.807) is 24.6 Å². The summed E-state index contributed by atoms with van der Waals surface area (Å²) in [6, 6.07) is 15.0. The summed E-state index contributed by atoms with van der Waals surface area (Å²) in [6.45, 7) is 2.22. The normalized spacial score (nSPS) is 16.6. The number of nitrogens with zero attached hydrogens (tertiary/aromatic N) is 3. The van der Waals surface area contributed by atoms with Crippen LogP contribution in [0.2, 0.25) is 0 Å². The molecule has 1 aromatic carbocycles. The Bertz CT molecular complexity index is 998. The van der Waals surface area contributed by atoms with Crippen LogP contribution in [0.3, 0.4) is 0 Å². The second-order valence-electron chi connectivity index (χ2n) is 7.28. The van der Waals surface area contributed by atoms with E-state index in [1.165, 1.54) is 4.68 Å². The minimum absolute atomic E-state index is 0.0106. The molecule has 0 aliphatic carbocycles. The summed E-state index contributed by atoms with van der Waals surface area (Å²) in [5.41, 5.74) is 1.65. The summed E-state index contributed by atoms with van der Waals surface area (Å²) < 4.78 is 6.71. The molecular formula is C22H24N4O3. The lowest BCUT2D eigenvalue weighted by Crippen LogP contribution is -2.43. The Hall–Kier alpha value is -3.35. The molecule has 7 heteroatoms. The topological polar surface area (TPSA) is 80.4 Å². The van der Waals surface area contributed by atoms with Gasteiger partial charge in [0.2, 0.25) is 5.91 Å². The van der Waals surface area contributed by atoms with E-state index in [2.05, 4.69) is 15.3 Å². The lowest BCUT2D eigenvalue weighted by molar-refractivity contribution is -0.125. The van der Waals surface area contributed by atoms with Crippen molar-refractivity contribution in [2.24, 2.45) is 5.92 Å². The molecule has 0 bridgehead atoms. The molecule has 0 unspecified atom stereocenters. The van der Waals surface area contributed by atoms with Gasteiger partial charge in [-0.15, -0.1) is 0 Å². The molecule has 0 radical (unpaired) electrons. The van der Waals surface area contributed by atoms with Crippen LogP contribution in [0.5, 0.6) is 0 Å². The van der Waals surface area contributed by atoms with Crippen molar-refractivity contribution in [1.82, 2.24) is 15.1 Å². The fourth-order valence-corrected chi connectivity index (χ4v) is 3.63. The smallest absolute Gasteiger partial charge is 0.269 e. The number of hydrogen-bond acceptors (Lipinski definition) is 5. The first-order valence-corrected chi connectivity index (χ1v) is 9.85. The Balaban J connectivity index is 1.39. The number of amides is 1. The number of piperidine rings is 1. The van der Waals surface area contributed by atoms with Crippen molar-refractivity contribution < 1.29 is 9.21 Å². The number of anilines is 1. The molecule has 29 heavy (non-hydrogen) atoms. The molecule has 0 saturated carbocycles. The van der Waals surface area contributed by atoms with Crippen molar-refractivity contribution in [1.29, 1.82) is 0 Å². The molecular weight excluding hydrogens is 368 g/mol. The summed E-state index contributed by atoms with van der Waals surface area (Å²) in [7, 11) is 0. The standard InChI is InChI=1S/C22H24N4O3/c27-21-12-19(13-24-26(21)15-17-6-2-1-3-7-17)25-10-4-8-18(16-25)22(28)23-14-20-9-5-11-29-20/h1-3,5-7,9,11-13,18H,4,8,10,14-16H2,(H,23,28)/t18-/m1/s1. The number of carbonyl (C=O) groups is 1. The van der Waals surface area contributed by atoms with Crippen LogP contribution >= 0.6 is 0 Å². The van der Waals surface area contributed by atoms with Gasteiger partial charge in [0.25, 0.3) is 5.56 Å². The number of furan rings is 1. The summed E-state index contributed by atoms with van der Waals surface area (Å²) >= 11 is 0. The van der Waals surface area contributed by atoms with E-state index < -0.39 is 0 Å². The molecule has 1 atom stereocenters. The number of hydrogen-bond donors (Lipinski definition) is 1. The maximum atomic E-state index is 12.5. The third-order valence-electron chi connectivity index (χ3n) is 5.20. The largest absolute Gasteiger partial charge is 0.467 e. The summed E-state index contributed by atoms with van der Waals surface area (Å²) in [5, 5.41) is 7.27. The van der Waals surface area contributed by atoms with Crippen molar-refractivity contribution in [2.45, 2.75) is 25.9 Å². The van der Waals surface area contributed by atoms with E-state index in [9.17, 15) is 9.59 Å². The van der Waals surface area contributed by atoms with Gasteiger partial charge in [-0.05, 0) is 30.5 Å². The van der Waals surface area contributed by atoms with E-state index in [0.717, 1.165) is 36.4 Å². The highest BCUT2D eigenvalue weighted by atomic mass is 16.3. The van der Waals surface area contributed by atoms with Gasteiger partial charge in [0.05, 0.1) is 37.2 Å². The van der Waals surface area contributed by atoms with Gasteiger partial charge in [-0.3, -0.25) is 9.59 Å². The SMILES string of the molecule is O=C(NCc1ccco1)[C@@H]1CCCN(c2cnn(Cc3ccccc3)c(=O)c2)C1. The van der Waals surface area contributed by atoms with E-state index in [0.29, 0.717) is 19.6 Å². The third kappa shape index (κ3) is 4.74. The highest BCUT2D eigenvalue weighted by Gasteiger charge is 2.26. The van der Waals surface area contributed by atoms with Gasteiger partial charge in [0, 0.05) is 19.2 Å². The zero-order valence-electron chi connectivity index (χ0n) is 16.2. The van der Waals surface area contributed by atoms with E-state index in [1.807, 2.05) is 36.4 Å². The van der Waals surface area contributed by atoms with E-state index in [4.69, 9.17) is 4.42 Å². The molecule has 3 aromatic rings. The Morgan fingerprint density at radius 2 is 2.07 bits per heavy atom. The highest BCUT2D eigenvalue weighted by Crippen LogP contribution is 2.22. The van der Waals surface area contributed by atoms with Crippen LogP contribution in [-0.2, 0) is 17.9 Å². The van der Waals surface area contributed by atoms with Gasteiger partial charge in [0.15, 0.2) is 0 Å². The first kappa shape index (κ1) is 19.0. The number of benzene rings is 1. The summed E-state index contributed by atoms with van der Waals surface area (Å²) in [4.78, 5) is 27.1. The molecule has 1 aliphatic heterocycles. The molecule has 1 N–H and O–H groups in total. The van der Waals surface area contributed by atoms with Gasteiger partial charge < -0.3 is 14.6 Å². The van der Waals surface area contributed by atoms with E-state index >= 15 is 0 Å². The highest BCUT2D eigenvalue weighted by molar-refractivity contribution is 5.79. The van der Waals surface area contributed by atoms with Crippen molar-refractivity contribution in [3.8, 4) is 0 Å². The van der Waals surface area contributed by atoms with Crippen LogP contribution in [0, 0.1) is 5.92 Å². The average molecular weight is 392 g/mol. The van der Waals surface area contributed by atoms with Gasteiger partial charge in [-0.25, -0.2) is 4.68 Å². The first-order chi connectivity index (χ1) is 14.2. The van der Waals surface area contributed by atoms with Crippen LogP contribution < -0.4 is 15.8 Å².